The molecule has 1 aromatic carbocycles. The van der Waals surface area contributed by atoms with Crippen LogP contribution in [0.15, 0.2) is 18.2 Å². The first-order chi connectivity index (χ1) is 9.58. The van der Waals surface area contributed by atoms with Gasteiger partial charge >= 0.3 is 0 Å². The molecular formula is C14H21ClFN3O2. The van der Waals surface area contributed by atoms with Crippen molar-refractivity contribution in [1.82, 2.24) is 10.2 Å². The molecule has 21 heavy (non-hydrogen) atoms. The molecule has 0 amide bonds. The lowest BCUT2D eigenvalue weighted by Gasteiger charge is -2.27. The number of nitro groups is 1. The molecule has 1 heterocycles. The average Bonchev–Trinajstić information content (AvgIpc) is 2.69. The Morgan fingerprint density at radius 3 is 2.86 bits per heavy atom. The van der Waals surface area contributed by atoms with E-state index in [9.17, 15) is 14.5 Å². The average molecular weight is 318 g/mol. The summed E-state index contributed by atoms with van der Waals surface area (Å²) < 4.78 is 13.9. The molecule has 118 valence electrons. The fourth-order valence-corrected chi connectivity index (χ4v) is 2.62. The van der Waals surface area contributed by atoms with E-state index in [0.29, 0.717) is 18.2 Å². The number of nitrogens with one attached hydrogen (secondary N) is 1. The SMILES string of the molecule is CN(Cc1ccc([N+](=O)[O-])cc1F)C1CCCNCC1.Cl. The zero-order chi connectivity index (χ0) is 14.5. The summed E-state index contributed by atoms with van der Waals surface area (Å²) >= 11 is 0. The van der Waals surface area contributed by atoms with Gasteiger partial charge in [-0.25, -0.2) is 4.39 Å². The fourth-order valence-electron chi connectivity index (χ4n) is 2.62. The smallest absolute Gasteiger partial charge is 0.272 e. The van der Waals surface area contributed by atoms with Crippen molar-refractivity contribution in [3.8, 4) is 0 Å². The molecule has 1 aliphatic rings. The van der Waals surface area contributed by atoms with E-state index in [4.69, 9.17) is 0 Å². The molecule has 5 nitrogen and oxygen atoms in total. The number of nitrogens with zero attached hydrogens (tertiary/aromatic N) is 2. The standard InChI is InChI=1S/C14H20FN3O2.ClH/c1-17(12-3-2-7-16-8-6-12)10-11-4-5-13(18(19)20)9-14(11)15;/h4-5,9,12,16H,2-3,6-8,10H2,1H3;1H. The second kappa shape index (κ2) is 8.26. The molecule has 1 unspecified atom stereocenters. The Labute approximate surface area is 130 Å². The molecule has 1 aromatic rings. The van der Waals surface area contributed by atoms with Gasteiger partial charge in [0, 0.05) is 24.2 Å². The van der Waals surface area contributed by atoms with Crippen molar-refractivity contribution in [2.75, 3.05) is 20.1 Å². The second-order valence-corrected chi connectivity index (χ2v) is 5.28. The summed E-state index contributed by atoms with van der Waals surface area (Å²) in [5, 5.41) is 13.9. The number of benzene rings is 1. The first kappa shape index (κ1) is 17.8. The van der Waals surface area contributed by atoms with E-state index in [1.807, 2.05) is 7.05 Å². The van der Waals surface area contributed by atoms with E-state index in [0.717, 1.165) is 38.4 Å². The van der Waals surface area contributed by atoms with Crippen LogP contribution in [0.3, 0.4) is 0 Å². The monoisotopic (exact) mass is 317 g/mol. The highest BCUT2D eigenvalue weighted by Gasteiger charge is 2.19. The molecule has 0 bridgehead atoms. The normalized spacial score (nSPS) is 18.9. The lowest BCUT2D eigenvalue weighted by molar-refractivity contribution is -0.385. The van der Waals surface area contributed by atoms with Crippen molar-refractivity contribution in [3.05, 3.63) is 39.7 Å². The summed E-state index contributed by atoms with van der Waals surface area (Å²) in [6.07, 6.45) is 3.26. The van der Waals surface area contributed by atoms with Crippen LogP contribution in [0.5, 0.6) is 0 Å². The maximum Gasteiger partial charge on any atom is 0.272 e. The van der Waals surface area contributed by atoms with Crippen molar-refractivity contribution in [1.29, 1.82) is 0 Å². The summed E-state index contributed by atoms with van der Waals surface area (Å²) in [6.45, 7) is 2.50. The Hall–Kier alpha value is -1.24. The van der Waals surface area contributed by atoms with E-state index in [-0.39, 0.29) is 18.1 Å². The van der Waals surface area contributed by atoms with Crippen LogP contribution >= 0.6 is 12.4 Å². The van der Waals surface area contributed by atoms with Gasteiger partial charge in [-0.1, -0.05) is 0 Å². The molecule has 1 aliphatic heterocycles. The summed E-state index contributed by atoms with van der Waals surface area (Å²) in [6, 6.07) is 4.30. The van der Waals surface area contributed by atoms with Gasteiger partial charge in [0.15, 0.2) is 0 Å². The van der Waals surface area contributed by atoms with Crippen molar-refractivity contribution < 1.29 is 9.31 Å². The van der Waals surface area contributed by atoms with Crippen LogP contribution < -0.4 is 5.32 Å². The number of nitro benzene ring substituents is 1. The minimum absolute atomic E-state index is 0. The predicted octanol–water partition coefficient (Wildman–Crippen LogP) is 2.73. The molecule has 0 saturated carbocycles. The molecule has 7 heteroatoms. The molecule has 2 rings (SSSR count). The van der Waals surface area contributed by atoms with Gasteiger partial charge in [0.2, 0.25) is 0 Å². The van der Waals surface area contributed by atoms with Gasteiger partial charge in [0.1, 0.15) is 5.82 Å². The molecule has 0 spiro atoms. The number of hydrogen-bond acceptors (Lipinski definition) is 4. The Morgan fingerprint density at radius 1 is 1.43 bits per heavy atom. The van der Waals surface area contributed by atoms with E-state index < -0.39 is 10.7 Å². The molecule has 1 saturated heterocycles. The van der Waals surface area contributed by atoms with Crippen molar-refractivity contribution in [3.63, 3.8) is 0 Å². The predicted molar refractivity (Wildman–Crippen MR) is 82.3 cm³/mol. The Morgan fingerprint density at radius 2 is 2.19 bits per heavy atom. The summed E-state index contributed by atoms with van der Waals surface area (Å²) in [7, 11) is 1.98. The van der Waals surface area contributed by atoms with Gasteiger partial charge in [-0.2, -0.15) is 0 Å². The molecular weight excluding hydrogens is 297 g/mol. The first-order valence-corrected chi connectivity index (χ1v) is 6.91. The van der Waals surface area contributed by atoms with E-state index in [1.165, 1.54) is 12.1 Å². The summed E-state index contributed by atoms with van der Waals surface area (Å²) in [4.78, 5) is 12.2. The first-order valence-electron chi connectivity index (χ1n) is 6.91. The van der Waals surface area contributed by atoms with Crippen molar-refractivity contribution >= 4 is 18.1 Å². The minimum atomic E-state index is -0.576. The van der Waals surface area contributed by atoms with Crippen molar-refractivity contribution in [2.45, 2.75) is 31.8 Å². The third kappa shape index (κ3) is 4.91. The zero-order valence-electron chi connectivity index (χ0n) is 12.0. The Balaban J connectivity index is 0.00000220. The quantitative estimate of drug-likeness (QED) is 0.685. The molecule has 1 N–H and O–H groups in total. The molecule has 0 radical (unpaired) electrons. The van der Waals surface area contributed by atoms with E-state index >= 15 is 0 Å². The van der Waals surface area contributed by atoms with Gasteiger partial charge in [-0.15, -0.1) is 12.4 Å². The number of rotatable bonds is 4. The third-order valence-electron chi connectivity index (χ3n) is 3.84. The lowest BCUT2D eigenvalue weighted by Crippen LogP contribution is -2.32. The molecule has 1 atom stereocenters. The van der Waals surface area contributed by atoms with Crippen LogP contribution in [-0.2, 0) is 6.54 Å². The van der Waals surface area contributed by atoms with Crippen LogP contribution in [0.4, 0.5) is 10.1 Å². The van der Waals surface area contributed by atoms with Gasteiger partial charge in [-0.05, 0) is 45.5 Å². The maximum atomic E-state index is 13.9. The zero-order valence-corrected chi connectivity index (χ0v) is 12.9. The number of halogens is 2. The van der Waals surface area contributed by atoms with Crippen LogP contribution in [0.2, 0.25) is 0 Å². The fraction of sp³-hybridized carbons (Fsp3) is 0.571. The van der Waals surface area contributed by atoms with Crippen LogP contribution in [-0.4, -0.2) is 36.0 Å². The summed E-state index contributed by atoms with van der Waals surface area (Å²) in [5.41, 5.74) is 0.308. The maximum absolute atomic E-state index is 13.9. The molecule has 0 aromatic heterocycles. The highest BCUT2D eigenvalue weighted by molar-refractivity contribution is 5.85. The van der Waals surface area contributed by atoms with Crippen molar-refractivity contribution in [2.24, 2.45) is 0 Å². The molecule has 0 aliphatic carbocycles. The van der Waals surface area contributed by atoms with E-state index in [2.05, 4.69) is 10.2 Å². The van der Waals surface area contributed by atoms with Gasteiger partial charge in [0.05, 0.1) is 11.0 Å². The van der Waals surface area contributed by atoms with Gasteiger partial charge < -0.3 is 5.32 Å². The third-order valence-corrected chi connectivity index (χ3v) is 3.84. The topological polar surface area (TPSA) is 58.4 Å². The second-order valence-electron chi connectivity index (χ2n) is 5.28. The highest BCUT2D eigenvalue weighted by atomic mass is 35.5. The van der Waals surface area contributed by atoms with E-state index in [1.54, 1.807) is 0 Å². The summed E-state index contributed by atoms with van der Waals surface area (Å²) in [5.74, 6) is -0.502. The van der Waals surface area contributed by atoms with Gasteiger partial charge in [0.25, 0.3) is 5.69 Å². The highest BCUT2D eigenvalue weighted by Crippen LogP contribution is 2.20. The largest absolute Gasteiger partial charge is 0.317 e. The lowest BCUT2D eigenvalue weighted by atomic mass is 10.1. The van der Waals surface area contributed by atoms with Crippen LogP contribution in [0.1, 0.15) is 24.8 Å². The Kier molecular flexibility index (Phi) is 7.01. The van der Waals surface area contributed by atoms with Crippen LogP contribution in [0.25, 0.3) is 0 Å². The van der Waals surface area contributed by atoms with Crippen LogP contribution in [0, 0.1) is 15.9 Å². The van der Waals surface area contributed by atoms with Gasteiger partial charge in [-0.3, -0.25) is 15.0 Å². The number of non-ortho nitro benzene ring substituents is 1. The number of hydrogen-bond donors (Lipinski definition) is 1. The Bertz CT molecular complexity index is 479. The molecule has 1 fully saturated rings. The minimum Gasteiger partial charge on any atom is -0.317 e.